The molecular formula is C27H24ClN3O3. The third kappa shape index (κ3) is 4.20. The number of amides is 3. The zero-order valence-electron chi connectivity index (χ0n) is 19.3. The van der Waals surface area contributed by atoms with E-state index in [-0.39, 0.29) is 16.6 Å². The molecule has 0 radical (unpaired) electrons. The monoisotopic (exact) mass is 473 g/mol. The van der Waals surface area contributed by atoms with Crippen molar-refractivity contribution in [1.29, 1.82) is 0 Å². The zero-order valence-corrected chi connectivity index (χ0v) is 20.1. The number of hydrogen-bond acceptors (Lipinski definition) is 4. The van der Waals surface area contributed by atoms with Crippen LogP contribution in [0.3, 0.4) is 0 Å². The summed E-state index contributed by atoms with van der Waals surface area (Å²) >= 11 is 6.25. The fourth-order valence-electron chi connectivity index (χ4n) is 3.74. The molecule has 0 fully saturated rings. The van der Waals surface area contributed by atoms with Gasteiger partial charge in [-0.05, 0) is 86.3 Å². The smallest absolute Gasteiger partial charge is 0.283 e. The maximum atomic E-state index is 13.1. The minimum atomic E-state index is -0.576. The summed E-state index contributed by atoms with van der Waals surface area (Å²) < 4.78 is 0. The summed E-state index contributed by atoms with van der Waals surface area (Å²) in [5.74, 6) is -1.35. The fraction of sp³-hybridized carbons (Fsp3) is 0.148. The van der Waals surface area contributed by atoms with Crippen molar-refractivity contribution >= 4 is 46.4 Å². The highest BCUT2D eigenvalue weighted by Gasteiger charge is 2.39. The molecule has 4 rings (SSSR count). The van der Waals surface area contributed by atoms with Crippen molar-refractivity contribution in [3.05, 3.63) is 99.2 Å². The van der Waals surface area contributed by atoms with Crippen LogP contribution in [-0.2, 0) is 9.59 Å². The Kier molecular flexibility index (Phi) is 6.26. The Labute approximate surface area is 203 Å². The van der Waals surface area contributed by atoms with Crippen molar-refractivity contribution in [2.45, 2.75) is 27.7 Å². The van der Waals surface area contributed by atoms with Gasteiger partial charge in [-0.3, -0.25) is 14.4 Å². The van der Waals surface area contributed by atoms with Crippen LogP contribution in [0.1, 0.15) is 32.6 Å². The van der Waals surface area contributed by atoms with Gasteiger partial charge in [0.2, 0.25) is 0 Å². The van der Waals surface area contributed by atoms with Gasteiger partial charge in [0, 0.05) is 16.9 Å². The van der Waals surface area contributed by atoms with Gasteiger partial charge in [-0.15, -0.1) is 0 Å². The summed E-state index contributed by atoms with van der Waals surface area (Å²) in [5.41, 5.74) is 6.13. The van der Waals surface area contributed by atoms with Gasteiger partial charge in [0.05, 0.1) is 5.69 Å². The lowest BCUT2D eigenvalue weighted by Gasteiger charge is -2.18. The number of halogens is 1. The molecule has 7 heteroatoms. The molecule has 3 aromatic rings. The van der Waals surface area contributed by atoms with Crippen LogP contribution in [0.15, 0.2) is 71.4 Å². The molecule has 2 N–H and O–H groups in total. The molecule has 0 saturated carbocycles. The highest BCUT2D eigenvalue weighted by atomic mass is 35.5. The highest BCUT2D eigenvalue weighted by Crippen LogP contribution is 2.33. The van der Waals surface area contributed by atoms with Crippen LogP contribution in [0, 0.1) is 27.7 Å². The van der Waals surface area contributed by atoms with Gasteiger partial charge in [-0.2, -0.15) is 0 Å². The van der Waals surface area contributed by atoms with E-state index in [0.717, 1.165) is 32.8 Å². The van der Waals surface area contributed by atoms with Crippen molar-refractivity contribution in [3.63, 3.8) is 0 Å². The van der Waals surface area contributed by atoms with E-state index in [1.807, 2.05) is 52.0 Å². The van der Waals surface area contributed by atoms with Gasteiger partial charge in [0.25, 0.3) is 17.7 Å². The molecule has 3 aromatic carbocycles. The van der Waals surface area contributed by atoms with E-state index in [2.05, 4.69) is 10.6 Å². The van der Waals surface area contributed by atoms with Crippen molar-refractivity contribution in [2.75, 3.05) is 15.5 Å². The van der Waals surface area contributed by atoms with Crippen LogP contribution in [0.2, 0.25) is 0 Å². The molecular weight excluding hydrogens is 450 g/mol. The predicted molar refractivity (Wildman–Crippen MR) is 135 cm³/mol. The first kappa shape index (κ1) is 23.3. The van der Waals surface area contributed by atoms with E-state index < -0.39 is 11.8 Å². The Morgan fingerprint density at radius 3 is 2.09 bits per heavy atom. The van der Waals surface area contributed by atoms with Gasteiger partial charge in [-0.25, -0.2) is 4.90 Å². The minimum Gasteiger partial charge on any atom is -0.350 e. The molecule has 1 aliphatic heterocycles. The number of imide groups is 1. The number of carbonyl (C=O) groups is 3. The topological polar surface area (TPSA) is 78.5 Å². The van der Waals surface area contributed by atoms with Crippen LogP contribution in [-0.4, -0.2) is 17.7 Å². The van der Waals surface area contributed by atoms with Crippen molar-refractivity contribution < 1.29 is 14.4 Å². The third-order valence-electron chi connectivity index (χ3n) is 6.11. The third-order valence-corrected chi connectivity index (χ3v) is 6.46. The molecule has 0 aromatic heterocycles. The lowest BCUT2D eigenvalue weighted by Crippen LogP contribution is -2.33. The number of nitrogens with one attached hydrogen (secondary N) is 2. The van der Waals surface area contributed by atoms with Crippen LogP contribution in [0.5, 0.6) is 0 Å². The molecule has 34 heavy (non-hydrogen) atoms. The SMILES string of the molecule is Cc1cccc(NC(=O)c2ccc(NC3=C(Cl)C(=O)N(c4cccc(C)c4C)C3=O)cc2)c1C. The molecule has 6 nitrogen and oxygen atoms in total. The summed E-state index contributed by atoms with van der Waals surface area (Å²) in [6, 6.07) is 17.8. The molecule has 0 spiro atoms. The highest BCUT2D eigenvalue weighted by molar-refractivity contribution is 6.53. The summed E-state index contributed by atoms with van der Waals surface area (Å²) in [5, 5.41) is 5.68. The van der Waals surface area contributed by atoms with E-state index in [1.165, 1.54) is 0 Å². The second-order valence-electron chi connectivity index (χ2n) is 8.26. The number of hydrogen-bond donors (Lipinski definition) is 2. The molecule has 0 unspecified atom stereocenters. The summed E-state index contributed by atoms with van der Waals surface area (Å²) in [4.78, 5) is 39.6. The standard InChI is InChI=1S/C27H24ClN3O3/c1-15-7-5-9-21(17(15)3)30-25(32)19-11-13-20(14-12-19)29-24-23(28)26(33)31(27(24)34)22-10-6-8-16(2)18(22)4/h5-14,29H,1-4H3,(H,30,32). The van der Waals surface area contributed by atoms with Gasteiger partial charge >= 0.3 is 0 Å². The normalized spacial score (nSPS) is 13.5. The first-order valence-electron chi connectivity index (χ1n) is 10.8. The summed E-state index contributed by atoms with van der Waals surface area (Å²) in [6.45, 7) is 7.71. The molecule has 0 saturated heterocycles. The second kappa shape index (κ2) is 9.15. The Morgan fingerprint density at radius 1 is 0.794 bits per heavy atom. The maximum Gasteiger partial charge on any atom is 0.283 e. The molecule has 1 aliphatic rings. The lowest BCUT2D eigenvalue weighted by atomic mass is 10.1. The Balaban J connectivity index is 1.51. The van der Waals surface area contributed by atoms with E-state index in [9.17, 15) is 14.4 Å². The average molecular weight is 474 g/mol. The van der Waals surface area contributed by atoms with Crippen LogP contribution < -0.4 is 15.5 Å². The number of anilines is 3. The molecule has 0 bridgehead atoms. The first-order chi connectivity index (χ1) is 16.2. The van der Waals surface area contributed by atoms with E-state index in [0.29, 0.717) is 16.9 Å². The molecule has 0 aliphatic carbocycles. The van der Waals surface area contributed by atoms with Gasteiger partial charge in [0.1, 0.15) is 10.7 Å². The number of benzene rings is 3. The largest absolute Gasteiger partial charge is 0.350 e. The van der Waals surface area contributed by atoms with Crippen molar-refractivity contribution in [3.8, 4) is 0 Å². The van der Waals surface area contributed by atoms with Crippen LogP contribution in [0.25, 0.3) is 0 Å². The number of nitrogens with zero attached hydrogens (tertiary/aromatic N) is 1. The molecule has 172 valence electrons. The second-order valence-corrected chi connectivity index (χ2v) is 8.64. The van der Waals surface area contributed by atoms with Gasteiger partial charge < -0.3 is 10.6 Å². The molecule has 3 amide bonds. The van der Waals surface area contributed by atoms with Gasteiger partial charge in [-0.1, -0.05) is 35.9 Å². The van der Waals surface area contributed by atoms with E-state index in [1.54, 1.807) is 36.4 Å². The Morgan fingerprint density at radius 2 is 1.41 bits per heavy atom. The van der Waals surface area contributed by atoms with Crippen LogP contribution >= 0.6 is 11.6 Å². The fourth-order valence-corrected chi connectivity index (χ4v) is 3.95. The average Bonchev–Trinajstić information content (AvgIpc) is 3.02. The van der Waals surface area contributed by atoms with E-state index in [4.69, 9.17) is 11.6 Å². The maximum absolute atomic E-state index is 13.1. The Bertz CT molecular complexity index is 1360. The quantitative estimate of drug-likeness (QED) is 0.472. The van der Waals surface area contributed by atoms with Gasteiger partial charge in [0.15, 0.2) is 0 Å². The predicted octanol–water partition coefficient (Wildman–Crippen LogP) is 5.61. The summed E-state index contributed by atoms with van der Waals surface area (Å²) in [6.07, 6.45) is 0. The zero-order chi connectivity index (χ0) is 24.6. The summed E-state index contributed by atoms with van der Waals surface area (Å²) in [7, 11) is 0. The number of rotatable bonds is 5. The molecule has 0 atom stereocenters. The van der Waals surface area contributed by atoms with E-state index >= 15 is 0 Å². The lowest BCUT2D eigenvalue weighted by molar-refractivity contribution is -0.120. The Hall–Kier alpha value is -3.90. The van der Waals surface area contributed by atoms with Crippen molar-refractivity contribution in [2.24, 2.45) is 0 Å². The van der Waals surface area contributed by atoms with Crippen molar-refractivity contribution in [1.82, 2.24) is 0 Å². The number of carbonyl (C=O) groups excluding carboxylic acids is 3. The number of aryl methyl sites for hydroxylation is 2. The first-order valence-corrected chi connectivity index (χ1v) is 11.2. The van der Waals surface area contributed by atoms with Crippen LogP contribution in [0.4, 0.5) is 17.1 Å². The minimum absolute atomic E-state index is 0.000148. The molecule has 1 heterocycles.